The summed E-state index contributed by atoms with van der Waals surface area (Å²) in [7, 11) is -2.11. The topological polar surface area (TPSA) is 96.0 Å². The van der Waals surface area contributed by atoms with Crippen LogP contribution < -0.4 is 14.4 Å². The van der Waals surface area contributed by atoms with Gasteiger partial charge in [-0.2, -0.15) is 0 Å². The van der Waals surface area contributed by atoms with E-state index >= 15 is 0 Å². The largest absolute Gasteiger partial charge is 0.497 e. The van der Waals surface area contributed by atoms with Crippen LogP contribution in [-0.2, 0) is 26.2 Å². The molecule has 0 saturated carbocycles. The molecule has 0 fully saturated rings. The van der Waals surface area contributed by atoms with Crippen LogP contribution >= 0.6 is 23.2 Å². The van der Waals surface area contributed by atoms with Crippen molar-refractivity contribution in [2.75, 3.05) is 30.8 Å². The fourth-order valence-corrected chi connectivity index (χ4v) is 5.11. The van der Waals surface area contributed by atoms with Crippen LogP contribution in [0.25, 0.3) is 0 Å². The molecule has 0 aliphatic rings. The smallest absolute Gasteiger partial charge is 0.242 e. The molecule has 0 aromatic heterocycles. The summed E-state index contributed by atoms with van der Waals surface area (Å²) in [6, 6.07) is 11.1. The van der Waals surface area contributed by atoms with Gasteiger partial charge in [0.2, 0.25) is 21.8 Å². The number of nitrogens with zero attached hydrogens (tertiary/aromatic N) is 2. The van der Waals surface area contributed by atoms with Crippen LogP contribution in [0.4, 0.5) is 5.69 Å². The van der Waals surface area contributed by atoms with Gasteiger partial charge in [0.05, 0.1) is 24.1 Å². The fraction of sp³-hybridized carbons (Fsp3) is 0.462. The third-order valence-electron chi connectivity index (χ3n) is 5.84. The summed E-state index contributed by atoms with van der Waals surface area (Å²) in [6.45, 7) is 4.51. The van der Waals surface area contributed by atoms with Crippen LogP contribution in [0.2, 0.25) is 10.0 Å². The maximum Gasteiger partial charge on any atom is 0.242 e. The molecule has 1 atom stereocenters. The minimum atomic E-state index is -3.68. The second-order valence-electron chi connectivity index (χ2n) is 8.72. The second-order valence-corrected chi connectivity index (χ2v) is 11.5. The molecular weight excluding hydrogens is 537 g/mol. The number of nitrogens with one attached hydrogen (secondary N) is 1. The van der Waals surface area contributed by atoms with Gasteiger partial charge in [-0.05, 0) is 55.7 Å². The number of sulfonamides is 1. The molecular formula is C26H35Cl2N3O5S. The number of carbonyl (C=O) groups is 2. The van der Waals surface area contributed by atoms with Gasteiger partial charge in [-0.15, -0.1) is 0 Å². The Bertz CT molecular complexity index is 1160. The van der Waals surface area contributed by atoms with Crippen LogP contribution in [0.15, 0.2) is 42.5 Å². The van der Waals surface area contributed by atoms with E-state index in [9.17, 15) is 18.0 Å². The van der Waals surface area contributed by atoms with E-state index in [1.807, 2.05) is 19.1 Å². The van der Waals surface area contributed by atoms with Crippen molar-refractivity contribution in [3.63, 3.8) is 0 Å². The number of anilines is 1. The minimum absolute atomic E-state index is 0.0259. The van der Waals surface area contributed by atoms with Crippen LogP contribution in [-0.4, -0.2) is 57.6 Å². The first-order valence-corrected chi connectivity index (χ1v) is 14.7. The Labute approximate surface area is 229 Å². The molecule has 2 aromatic carbocycles. The third kappa shape index (κ3) is 9.39. The molecule has 0 spiro atoms. The van der Waals surface area contributed by atoms with E-state index in [0.29, 0.717) is 17.3 Å². The highest BCUT2D eigenvalue weighted by atomic mass is 35.5. The highest BCUT2D eigenvalue weighted by Gasteiger charge is 2.27. The van der Waals surface area contributed by atoms with E-state index in [4.69, 9.17) is 27.9 Å². The number of rotatable bonds is 14. The fourth-order valence-electron chi connectivity index (χ4n) is 3.71. The van der Waals surface area contributed by atoms with Gasteiger partial charge < -0.3 is 15.0 Å². The monoisotopic (exact) mass is 571 g/mol. The summed E-state index contributed by atoms with van der Waals surface area (Å²) in [5.74, 6) is 0.186. The number of methoxy groups -OCH3 is 1. The first-order chi connectivity index (χ1) is 17.5. The lowest BCUT2D eigenvalue weighted by molar-refractivity contribution is -0.140. The highest BCUT2D eigenvalue weighted by Crippen LogP contribution is 2.31. The van der Waals surface area contributed by atoms with Crippen molar-refractivity contribution in [2.45, 2.75) is 52.1 Å². The molecule has 0 unspecified atom stereocenters. The molecule has 0 aliphatic heterocycles. The Morgan fingerprint density at radius 2 is 1.76 bits per heavy atom. The molecule has 2 aromatic rings. The Morgan fingerprint density at radius 1 is 1.08 bits per heavy atom. The summed E-state index contributed by atoms with van der Waals surface area (Å²) < 4.78 is 31.3. The lowest BCUT2D eigenvalue weighted by atomic mass is 10.1. The van der Waals surface area contributed by atoms with Crippen molar-refractivity contribution in [2.24, 2.45) is 0 Å². The normalized spacial score (nSPS) is 12.1. The maximum atomic E-state index is 13.3. The summed E-state index contributed by atoms with van der Waals surface area (Å²) in [5, 5.41) is 3.46. The number of amides is 2. The average molecular weight is 573 g/mol. The highest BCUT2D eigenvalue weighted by molar-refractivity contribution is 7.92. The van der Waals surface area contributed by atoms with Crippen LogP contribution in [0.5, 0.6) is 5.75 Å². The van der Waals surface area contributed by atoms with Crippen molar-refractivity contribution in [3.05, 3.63) is 58.1 Å². The predicted molar refractivity (Wildman–Crippen MR) is 149 cm³/mol. The number of unbranched alkanes of at least 4 members (excludes halogenated alkanes) is 1. The molecule has 0 aliphatic carbocycles. The molecule has 37 heavy (non-hydrogen) atoms. The SMILES string of the molecule is CCCCNC(=O)[C@@H](C)N(Cc1ccc(OC)cc1)C(=O)CCCN(c1cc(Cl)ccc1Cl)S(C)(=O)=O. The van der Waals surface area contributed by atoms with E-state index in [0.717, 1.165) is 29.0 Å². The lowest BCUT2D eigenvalue weighted by Crippen LogP contribution is -2.48. The van der Waals surface area contributed by atoms with Crippen molar-refractivity contribution < 1.29 is 22.7 Å². The van der Waals surface area contributed by atoms with Crippen LogP contribution in [0.1, 0.15) is 45.1 Å². The van der Waals surface area contributed by atoms with Gasteiger partial charge in [-0.1, -0.05) is 48.7 Å². The van der Waals surface area contributed by atoms with Crippen LogP contribution in [0.3, 0.4) is 0 Å². The molecule has 0 saturated heterocycles. The van der Waals surface area contributed by atoms with Crippen molar-refractivity contribution in [3.8, 4) is 5.75 Å². The molecule has 8 nitrogen and oxygen atoms in total. The maximum absolute atomic E-state index is 13.3. The summed E-state index contributed by atoms with van der Waals surface area (Å²) >= 11 is 12.3. The van der Waals surface area contributed by atoms with Crippen molar-refractivity contribution in [1.82, 2.24) is 10.2 Å². The summed E-state index contributed by atoms with van der Waals surface area (Å²) in [6.07, 6.45) is 3.12. The lowest BCUT2D eigenvalue weighted by Gasteiger charge is -2.29. The zero-order valence-corrected chi connectivity index (χ0v) is 24.0. The molecule has 0 heterocycles. The standard InChI is InChI=1S/C26H35Cl2N3O5S/c1-5-6-15-29-26(33)19(2)30(18-20-9-12-22(36-3)13-10-20)25(32)8-7-16-31(37(4,34)35)24-17-21(27)11-14-23(24)28/h9-14,17,19H,5-8,15-16,18H2,1-4H3,(H,29,33)/t19-/m1/s1. The number of carbonyl (C=O) groups excluding carboxylic acids is 2. The number of benzene rings is 2. The first kappa shape index (κ1) is 30.7. The number of halogens is 2. The van der Waals surface area contributed by atoms with Gasteiger partial charge in [-0.3, -0.25) is 13.9 Å². The van der Waals surface area contributed by atoms with E-state index in [1.54, 1.807) is 32.2 Å². The van der Waals surface area contributed by atoms with Gasteiger partial charge in [0.1, 0.15) is 11.8 Å². The zero-order valence-electron chi connectivity index (χ0n) is 21.7. The van der Waals surface area contributed by atoms with Gasteiger partial charge in [-0.25, -0.2) is 8.42 Å². The van der Waals surface area contributed by atoms with E-state index in [-0.39, 0.29) is 48.5 Å². The third-order valence-corrected chi connectivity index (χ3v) is 7.57. The molecule has 0 radical (unpaired) electrons. The van der Waals surface area contributed by atoms with Crippen molar-refractivity contribution >= 4 is 50.7 Å². The average Bonchev–Trinajstić information content (AvgIpc) is 2.86. The summed E-state index contributed by atoms with van der Waals surface area (Å²) in [4.78, 5) is 27.6. The van der Waals surface area contributed by atoms with E-state index < -0.39 is 16.1 Å². The number of hydrogen-bond acceptors (Lipinski definition) is 5. The van der Waals surface area contributed by atoms with Gasteiger partial charge in [0.15, 0.2) is 0 Å². The van der Waals surface area contributed by atoms with Gasteiger partial charge in [0, 0.05) is 31.1 Å². The summed E-state index contributed by atoms with van der Waals surface area (Å²) in [5.41, 5.74) is 1.09. The minimum Gasteiger partial charge on any atom is -0.497 e. The molecule has 1 N–H and O–H groups in total. The van der Waals surface area contributed by atoms with Gasteiger partial charge in [0.25, 0.3) is 0 Å². The molecule has 11 heteroatoms. The Balaban J connectivity index is 2.18. The predicted octanol–water partition coefficient (Wildman–Crippen LogP) is 4.88. The Kier molecular flexibility index (Phi) is 12.0. The molecule has 2 rings (SSSR count). The Hall–Kier alpha value is -2.49. The number of ether oxygens (including phenoxy) is 1. The van der Waals surface area contributed by atoms with Crippen LogP contribution in [0, 0.1) is 0 Å². The van der Waals surface area contributed by atoms with E-state index in [2.05, 4.69) is 5.32 Å². The zero-order chi connectivity index (χ0) is 27.6. The number of hydrogen-bond donors (Lipinski definition) is 1. The van der Waals surface area contributed by atoms with Gasteiger partial charge >= 0.3 is 0 Å². The Morgan fingerprint density at radius 3 is 2.35 bits per heavy atom. The first-order valence-electron chi connectivity index (χ1n) is 12.1. The second kappa shape index (κ2) is 14.4. The van der Waals surface area contributed by atoms with E-state index in [1.165, 1.54) is 17.0 Å². The molecule has 0 bridgehead atoms. The molecule has 2 amide bonds. The van der Waals surface area contributed by atoms with Crippen molar-refractivity contribution in [1.29, 1.82) is 0 Å². The molecule has 204 valence electrons. The quantitative estimate of drug-likeness (QED) is 0.326.